The highest BCUT2D eigenvalue weighted by Gasteiger charge is 2.57. The molecule has 1 aromatic heterocycles. The van der Waals surface area contributed by atoms with Gasteiger partial charge >= 0.3 is 0 Å². The summed E-state index contributed by atoms with van der Waals surface area (Å²) in [5, 5.41) is 6.55. The molecule has 0 bridgehead atoms. The van der Waals surface area contributed by atoms with Crippen LogP contribution >= 0.6 is 11.6 Å². The molecule has 43 heavy (non-hydrogen) atoms. The lowest BCUT2D eigenvalue weighted by molar-refractivity contribution is 0.0138. The number of nitrogens with zero attached hydrogens (tertiary/aromatic N) is 4. The van der Waals surface area contributed by atoms with Crippen molar-refractivity contribution in [3.05, 3.63) is 64.3 Å². The first-order chi connectivity index (χ1) is 20.7. The van der Waals surface area contributed by atoms with E-state index >= 15 is 0 Å². The summed E-state index contributed by atoms with van der Waals surface area (Å²) < 4.78 is 11.7. The summed E-state index contributed by atoms with van der Waals surface area (Å²) in [6.07, 6.45) is 7.81. The predicted molar refractivity (Wildman–Crippen MR) is 162 cm³/mol. The van der Waals surface area contributed by atoms with E-state index in [9.17, 15) is 9.59 Å². The van der Waals surface area contributed by atoms with E-state index < -0.39 is 0 Å². The lowest BCUT2D eigenvalue weighted by Crippen LogP contribution is -2.54. The van der Waals surface area contributed by atoms with Gasteiger partial charge in [-0.25, -0.2) is 4.98 Å². The number of hydrogen-bond donors (Lipinski definition) is 2. The van der Waals surface area contributed by atoms with Crippen LogP contribution in [-0.4, -0.2) is 71.9 Å². The Morgan fingerprint density at radius 1 is 1.07 bits per heavy atom. The summed E-state index contributed by atoms with van der Waals surface area (Å²) in [5.41, 5.74) is 2.80. The maximum Gasteiger partial charge on any atom is 0.258 e. The molecule has 3 heterocycles. The van der Waals surface area contributed by atoms with Crippen LogP contribution in [0, 0.1) is 5.41 Å². The van der Waals surface area contributed by atoms with Crippen molar-refractivity contribution in [2.24, 2.45) is 5.41 Å². The molecule has 2 spiro atoms. The maximum atomic E-state index is 13.1. The molecule has 11 heteroatoms. The van der Waals surface area contributed by atoms with Crippen LogP contribution < -0.4 is 20.1 Å². The fourth-order valence-electron chi connectivity index (χ4n) is 6.99. The van der Waals surface area contributed by atoms with Gasteiger partial charge in [0.25, 0.3) is 11.8 Å². The number of carbonyl (C=O) groups excluding carboxylic acids is 2. The average molecular weight is 603 g/mol. The van der Waals surface area contributed by atoms with Gasteiger partial charge in [0.05, 0.1) is 30.1 Å². The van der Waals surface area contributed by atoms with Gasteiger partial charge in [0, 0.05) is 18.7 Å². The van der Waals surface area contributed by atoms with Gasteiger partial charge in [0.15, 0.2) is 0 Å². The van der Waals surface area contributed by atoms with E-state index in [4.69, 9.17) is 21.1 Å². The van der Waals surface area contributed by atoms with Crippen LogP contribution in [0.15, 0.2) is 42.6 Å². The third-order valence-electron chi connectivity index (χ3n) is 9.78. The number of methoxy groups -OCH3 is 1. The zero-order chi connectivity index (χ0) is 29.9. The Morgan fingerprint density at radius 3 is 2.56 bits per heavy atom. The highest BCUT2D eigenvalue weighted by molar-refractivity contribution is 6.31. The normalized spacial score (nSPS) is 20.1. The molecule has 0 unspecified atom stereocenters. The Kier molecular flexibility index (Phi) is 6.74. The third kappa shape index (κ3) is 4.86. The average Bonchev–Trinajstić information content (AvgIpc) is 3.77. The number of aromatic nitrogens is 2. The molecule has 3 fully saturated rings. The van der Waals surface area contributed by atoms with E-state index in [1.165, 1.54) is 19.0 Å². The lowest BCUT2D eigenvalue weighted by atomic mass is 9.60. The second kappa shape index (κ2) is 10.4. The van der Waals surface area contributed by atoms with E-state index in [2.05, 4.69) is 32.5 Å². The number of piperidine rings is 1. The van der Waals surface area contributed by atoms with Gasteiger partial charge in [-0.05, 0) is 93.9 Å². The lowest BCUT2D eigenvalue weighted by Gasteiger charge is -2.52. The van der Waals surface area contributed by atoms with E-state index in [1.807, 2.05) is 19.2 Å². The van der Waals surface area contributed by atoms with Gasteiger partial charge in [0.2, 0.25) is 11.8 Å². The van der Waals surface area contributed by atoms with Crippen molar-refractivity contribution in [1.82, 2.24) is 25.1 Å². The van der Waals surface area contributed by atoms with Gasteiger partial charge in [-0.1, -0.05) is 23.7 Å². The fraction of sp³-hybridized carbons (Fsp3) is 0.438. The van der Waals surface area contributed by atoms with Crippen molar-refractivity contribution >= 4 is 35.1 Å². The van der Waals surface area contributed by atoms with Crippen molar-refractivity contribution in [2.45, 2.75) is 50.1 Å². The number of likely N-dealkylation sites (tertiary alicyclic amines) is 1. The number of nitrogens with one attached hydrogen (secondary N) is 2. The van der Waals surface area contributed by atoms with E-state index in [-0.39, 0.29) is 40.2 Å². The van der Waals surface area contributed by atoms with Crippen LogP contribution in [0.4, 0.5) is 11.6 Å². The van der Waals surface area contributed by atoms with Crippen molar-refractivity contribution < 1.29 is 19.1 Å². The number of anilines is 2. The third-order valence-corrected chi connectivity index (χ3v) is 10.0. The number of rotatable bonds is 7. The number of fused-ring (bicyclic) bond motifs is 2. The predicted octanol–water partition coefficient (Wildman–Crippen LogP) is 5.35. The Bertz CT molecular complexity index is 1610. The monoisotopic (exact) mass is 602 g/mol. The number of amides is 2. The summed E-state index contributed by atoms with van der Waals surface area (Å²) in [5.74, 6) is 1.04. The molecule has 2 amide bonds. The SMILES string of the molecule is COc1cc(C(=O)NC2CC3(CCN(C)CC3)C2)ccc1Nc1ncc(Cl)c(Oc2cccc3c2C(=O)N(C)C32CC2)n1. The van der Waals surface area contributed by atoms with Crippen LogP contribution in [0.5, 0.6) is 17.4 Å². The molecule has 2 N–H and O–H groups in total. The van der Waals surface area contributed by atoms with Crippen LogP contribution in [-0.2, 0) is 5.54 Å². The summed E-state index contributed by atoms with van der Waals surface area (Å²) in [7, 11) is 5.55. The first-order valence-electron chi connectivity index (χ1n) is 14.8. The molecular weight excluding hydrogens is 568 g/mol. The van der Waals surface area contributed by atoms with Gasteiger partial charge in [-0.3, -0.25) is 9.59 Å². The van der Waals surface area contributed by atoms with Gasteiger partial charge in [-0.15, -0.1) is 0 Å². The molecule has 2 saturated carbocycles. The molecule has 1 saturated heterocycles. The second-order valence-electron chi connectivity index (χ2n) is 12.4. The fourth-order valence-corrected chi connectivity index (χ4v) is 7.12. The number of ether oxygens (including phenoxy) is 2. The second-order valence-corrected chi connectivity index (χ2v) is 12.9. The quantitative estimate of drug-likeness (QED) is 0.372. The Balaban J connectivity index is 1.04. The molecule has 2 aliphatic heterocycles. The zero-order valence-corrected chi connectivity index (χ0v) is 25.3. The van der Waals surface area contributed by atoms with E-state index in [0.29, 0.717) is 33.7 Å². The number of carbonyl (C=O) groups is 2. The van der Waals surface area contributed by atoms with Gasteiger partial charge in [0.1, 0.15) is 16.5 Å². The number of halogens is 1. The van der Waals surface area contributed by atoms with Crippen molar-refractivity contribution in [3.63, 3.8) is 0 Å². The van der Waals surface area contributed by atoms with Crippen LogP contribution in [0.1, 0.15) is 64.8 Å². The maximum absolute atomic E-state index is 13.1. The first-order valence-corrected chi connectivity index (χ1v) is 15.1. The molecule has 2 aromatic carbocycles. The zero-order valence-electron chi connectivity index (χ0n) is 24.6. The van der Waals surface area contributed by atoms with Gasteiger partial charge < -0.3 is 29.9 Å². The molecule has 3 aromatic rings. The highest BCUT2D eigenvalue weighted by atomic mass is 35.5. The largest absolute Gasteiger partial charge is 0.495 e. The van der Waals surface area contributed by atoms with Crippen molar-refractivity contribution in [1.29, 1.82) is 0 Å². The minimum atomic E-state index is -0.222. The minimum Gasteiger partial charge on any atom is -0.495 e. The number of benzene rings is 2. The summed E-state index contributed by atoms with van der Waals surface area (Å²) in [6.45, 7) is 2.26. The molecule has 0 atom stereocenters. The summed E-state index contributed by atoms with van der Waals surface area (Å²) in [4.78, 5) is 39.1. The highest BCUT2D eigenvalue weighted by Crippen LogP contribution is 2.57. The van der Waals surface area contributed by atoms with E-state index in [0.717, 1.165) is 44.3 Å². The molecular formula is C32H35ClN6O4. The molecule has 10 nitrogen and oxygen atoms in total. The van der Waals surface area contributed by atoms with Crippen LogP contribution in [0.2, 0.25) is 5.02 Å². The Morgan fingerprint density at radius 2 is 1.84 bits per heavy atom. The van der Waals surface area contributed by atoms with Crippen LogP contribution in [0.25, 0.3) is 0 Å². The molecule has 7 rings (SSSR count). The summed E-state index contributed by atoms with van der Waals surface area (Å²) >= 11 is 6.42. The van der Waals surface area contributed by atoms with Crippen LogP contribution in [0.3, 0.4) is 0 Å². The van der Waals surface area contributed by atoms with Gasteiger partial charge in [-0.2, -0.15) is 4.98 Å². The Hall–Kier alpha value is -3.89. The molecule has 0 radical (unpaired) electrons. The van der Waals surface area contributed by atoms with Crippen molar-refractivity contribution in [3.8, 4) is 17.4 Å². The Labute approximate surface area is 255 Å². The van der Waals surface area contributed by atoms with Crippen molar-refractivity contribution in [2.75, 3.05) is 39.6 Å². The smallest absolute Gasteiger partial charge is 0.258 e. The molecule has 2 aliphatic carbocycles. The van der Waals surface area contributed by atoms with E-state index in [1.54, 1.807) is 36.3 Å². The topological polar surface area (TPSA) is 109 Å². The minimum absolute atomic E-state index is 0.0703. The standard InChI is InChI=1S/C32H35ClN6O4/c1-38-13-11-31(12-14-38)16-20(17-31)35-27(40)19-7-8-23(25(15-19)42-3)36-30-34-18-22(33)28(37-30)43-24-6-4-5-21-26(24)29(41)39(2)32(21)9-10-32/h4-8,15,18,20H,9-14,16-17H2,1-3H3,(H,35,40)(H,34,36,37). The number of hydrogen-bond acceptors (Lipinski definition) is 8. The summed E-state index contributed by atoms with van der Waals surface area (Å²) in [6, 6.07) is 11.0. The first kappa shape index (κ1) is 27.9. The molecule has 224 valence electrons. The molecule has 4 aliphatic rings.